The van der Waals surface area contributed by atoms with Crippen LogP contribution in [-0.2, 0) is 11.3 Å². The number of nitrogens with zero attached hydrogens (tertiary/aromatic N) is 1. The maximum Gasteiger partial charge on any atom is 0.142 e. The second-order valence-electron chi connectivity index (χ2n) is 6.38. The van der Waals surface area contributed by atoms with Crippen molar-refractivity contribution in [2.24, 2.45) is 5.73 Å². The molecule has 1 aromatic rings. The molecule has 0 spiro atoms. The van der Waals surface area contributed by atoms with Gasteiger partial charge in [-0.15, -0.1) is 0 Å². The molecule has 1 aliphatic heterocycles. The van der Waals surface area contributed by atoms with Crippen LogP contribution < -0.4 is 10.5 Å². The van der Waals surface area contributed by atoms with Crippen LogP contribution in [0.5, 0.6) is 5.75 Å². The van der Waals surface area contributed by atoms with Crippen LogP contribution in [0, 0.1) is 6.92 Å². The lowest BCUT2D eigenvalue weighted by atomic mass is 9.97. The number of nitrogens with two attached hydrogens (primary N) is 1. The van der Waals surface area contributed by atoms with Gasteiger partial charge < -0.3 is 15.2 Å². The summed E-state index contributed by atoms with van der Waals surface area (Å²) in [5.41, 5.74) is 7.04. The van der Waals surface area contributed by atoms with Crippen molar-refractivity contribution in [3.05, 3.63) is 23.5 Å². The quantitative estimate of drug-likeness (QED) is 0.911. The van der Waals surface area contributed by atoms with Crippen molar-refractivity contribution in [2.45, 2.75) is 64.9 Å². The fourth-order valence-electron chi connectivity index (χ4n) is 2.70. The molecular formula is C15H24N2O2. The Bertz CT molecular complexity index is 469. The van der Waals surface area contributed by atoms with Crippen molar-refractivity contribution in [3.63, 3.8) is 0 Å². The summed E-state index contributed by atoms with van der Waals surface area (Å²) in [4.78, 5) is 4.43. The summed E-state index contributed by atoms with van der Waals surface area (Å²) >= 11 is 0. The van der Waals surface area contributed by atoms with E-state index in [-0.39, 0.29) is 17.3 Å². The molecule has 2 heterocycles. The minimum Gasteiger partial charge on any atom is -0.485 e. The summed E-state index contributed by atoms with van der Waals surface area (Å²) < 4.78 is 12.2. The van der Waals surface area contributed by atoms with Crippen LogP contribution in [0.25, 0.3) is 0 Å². The van der Waals surface area contributed by atoms with E-state index >= 15 is 0 Å². The van der Waals surface area contributed by atoms with Gasteiger partial charge >= 0.3 is 0 Å². The molecule has 4 nitrogen and oxygen atoms in total. The van der Waals surface area contributed by atoms with Gasteiger partial charge in [0.1, 0.15) is 17.5 Å². The number of aryl methyl sites for hydroxylation is 1. The molecular weight excluding hydrogens is 240 g/mol. The van der Waals surface area contributed by atoms with E-state index in [0.717, 1.165) is 23.6 Å². The number of rotatable bonds is 3. The Hall–Kier alpha value is -1.13. The highest BCUT2D eigenvalue weighted by Crippen LogP contribution is 2.39. The van der Waals surface area contributed by atoms with E-state index in [1.807, 2.05) is 19.1 Å². The van der Waals surface area contributed by atoms with Gasteiger partial charge in [0.2, 0.25) is 0 Å². The first-order valence-corrected chi connectivity index (χ1v) is 6.77. The van der Waals surface area contributed by atoms with Crippen LogP contribution in [0.15, 0.2) is 12.1 Å². The Labute approximate surface area is 115 Å². The molecule has 1 saturated heterocycles. The number of hydrogen-bond donors (Lipinski definition) is 1. The summed E-state index contributed by atoms with van der Waals surface area (Å²) in [5.74, 6) is 0.771. The largest absolute Gasteiger partial charge is 0.485 e. The second-order valence-corrected chi connectivity index (χ2v) is 6.38. The Morgan fingerprint density at radius 3 is 2.58 bits per heavy atom. The van der Waals surface area contributed by atoms with Crippen LogP contribution in [0.3, 0.4) is 0 Å². The first kappa shape index (κ1) is 14.3. The average molecular weight is 264 g/mol. The lowest BCUT2D eigenvalue weighted by Crippen LogP contribution is -2.37. The van der Waals surface area contributed by atoms with Crippen LogP contribution in [-0.4, -0.2) is 22.3 Å². The first-order chi connectivity index (χ1) is 8.73. The number of aromatic nitrogens is 1. The Morgan fingerprint density at radius 1 is 1.37 bits per heavy atom. The standard InChI is InChI=1S/C15H24N2O2/c1-10-6-7-12(11(9-16)17-10)18-13-8-14(2,3)19-15(13,4)5/h6-7,13H,8-9,16H2,1-5H3. The average Bonchev–Trinajstić information content (AvgIpc) is 2.49. The Morgan fingerprint density at radius 2 is 2.05 bits per heavy atom. The normalized spacial score (nSPS) is 24.4. The maximum atomic E-state index is 6.14. The van der Waals surface area contributed by atoms with E-state index in [9.17, 15) is 0 Å². The number of pyridine rings is 1. The molecule has 1 atom stereocenters. The van der Waals surface area contributed by atoms with Gasteiger partial charge in [0.25, 0.3) is 0 Å². The fourth-order valence-corrected chi connectivity index (χ4v) is 2.70. The van der Waals surface area contributed by atoms with Gasteiger partial charge in [-0.1, -0.05) is 0 Å². The lowest BCUT2D eigenvalue weighted by molar-refractivity contribution is -0.0847. The molecule has 19 heavy (non-hydrogen) atoms. The van der Waals surface area contributed by atoms with Gasteiger partial charge in [-0.3, -0.25) is 4.98 Å². The molecule has 0 amide bonds. The Balaban J connectivity index is 2.22. The third-order valence-corrected chi connectivity index (χ3v) is 3.53. The molecule has 1 aromatic heterocycles. The molecule has 0 radical (unpaired) electrons. The molecule has 2 N–H and O–H groups in total. The van der Waals surface area contributed by atoms with Crippen molar-refractivity contribution >= 4 is 0 Å². The topological polar surface area (TPSA) is 57.4 Å². The molecule has 1 fully saturated rings. The second kappa shape index (κ2) is 4.76. The van der Waals surface area contributed by atoms with Crippen LogP contribution in [0.4, 0.5) is 0 Å². The van der Waals surface area contributed by atoms with Gasteiger partial charge in [-0.25, -0.2) is 0 Å². The highest BCUT2D eigenvalue weighted by Gasteiger charge is 2.47. The zero-order chi connectivity index (χ0) is 14.3. The zero-order valence-electron chi connectivity index (χ0n) is 12.5. The van der Waals surface area contributed by atoms with Crippen molar-refractivity contribution in [1.82, 2.24) is 4.98 Å². The molecule has 0 bridgehead atoms. The molecule has 0 aromatic carbocycles. The van der Waals surface area contributed by atoms with E-state index in [4.69, 9.17) is 15.2 Å². The predicted molar refractivity (Wildman–Crippen MR) is 75.1 cm³/mol. The van der Waals surface area contributed by atoms with E-state index in [0.29, 0.717) is 6.54 Å². The summed E-state index contributed by atoms with van der Waals surface area (Å²) in [6, 6.07) is 3.90. The SMILES string of the molecule is Cc1ccc(OC2CC(C)(C)OC2(C)C)c(CN)n1. The summed E-state index contributed by atoms with van der Waals surface area (Å²) in [5, 5.41) is 0. The number of hydrogen-bond acceptors (Lipinski definition) is 4. The molecule has 0 saturated carbocycles. The molecule has 0 aliphatic carbocycles. The first-order valence-electron chi connectivity index (χ1n) is 6.77. The summed E-state index contributed by atoms with van der Waals surface area (Å²) in [6.45, 7) is 10.7. The Kier molecular flexibility index (Phi) is 3.58. The highest BCUT2D eigenvalue weighted by atomic mass is 16.6. The van der Waals surface area contributed by atoms with Gasteiger partial charge in [0, 0.05) is 18.7 Å². The fraction of sp³-hybridized carbons (Fsp3) is 0.667. The van der Waals surface area contributed by atoms with Crippen molar-refractivity contribution in [3.8, 4) is 5.75 Å². The minimum atomic E-state index is -0.305. The third kappa shape index (κ3) is 3.07. The van der Waals surface area contributed by atoms with E-state index in [1.54, 1.807) is 0 Å². The van der Waals surface area contributed by atoms with Gasteiger partial charge in [0.05, 0.1) is 11.3 Å². The molecule has 1 unspecified atom stereocenters. The summed E-state index contributed by atoms with van der Waals surface area (Å²) in [7, 11) is 0. The van der Waals surface area contributed by atoms with Crippen molar-refractivity contribution in [1.29, 1.82) is 0 Å². The van der Waals surface area contributed by atoms with Crippen LogP contribution in [0.1, 0.15) is 45.5 Å². The van der Waals surface area contributed by atoms with Gasteiger partial charge in [-0.2, -0.15) is 0 Å². The zero-order valence-corrected chi connectivity index (χ0v) is 12.5. The van der Waals surface area contributed by atoms with Gasteiger partial charge in [-0.05, 0) is 46.8 Å². The molecule has 2 rings (SSSR count). The van der Waals surface area contributed by atoms with Gasteiger partial charge in [0.15, 0.2) is 0 Å². The minimum absolute atomic E-state index is 0.0114. The summed E-state index contributed by atoms with van der Waals surface area (Å²) in [6.07, 6.45) is 0.870. The number of ether oxygens (including phenoxy) is 2. The van der Waals surface area contributed by atoms with Crippen molar-refractivity contribution in [2.75, 3.05) is 0 Å². The third-order valence-electron chi connectivity index (χ3n) is 3.53. The smallest absolute Gasteiger partial charge is 0.142 e. The van der Waals surface area contributed by atoms with E-state index in [1.165, 1.54) is 0 Å². The lowest BCUT2D eigenvalue weighted by Gasteiger charge is -2.27. The van der Waals surface area contributed by atoms with E-state index in [2.05, 4.69) is 32.7 Å². The molecule has 106 valence electrons. The predicted octanol–water partition coefficient (Wildman–Crippen LogP) is 2.57. The van der Waals surface area contributed by atoms with Crippen LogP contribution >= 0.6 is 0 Å². The van der Waals surface area contributed by atoms with Crippen molar-refractivity contribution < 1.29 is 9.47 Å². The molecule has 1 aliphatic rings. The van der Waals surface area contributed by atoms with Crippen LogP contribution in [0.2, 0.25) is 0 Å². The maximum absolute atomic E-state index is 6.14. The molecule has 4 heteroatoms. The highest BCUT2D eigenvalue weighted by molar-refractivity contribution is 5.29. The monoisotopic (exact) mass is 264 g/mol. The van der Waals surface area contributed by atoms with E-state index < -0.39 is 0 Å².